The molecular weight excluding hydrogens is 354 g/mol. The van der Waals surface area contributed by atoms with E-state index in [2.05, 4.69) is 15.2 Å². The Morgan fingerprint density at radius 1 is 1.07 bits per heavy atom. The van der Waals surface area contributed by atoms with Gasteiger partial charge in [-0.25, -0.2) is 0 Å². The second-order valence-corrected chi connectivity index (χ2v) is 6.97. The molecule has 0 saturated carbocycles. The number of nitrogens with one attached hydrogen (secondary N) is 2. The number of amides is 1. The molecule has 2 N–H and O–H groups in total. The summed E-state index contributed by atoms with van der Waals surface area (Å²) >= 11 is 0. The molecular formula is C22H23N3O3. The maximum Gasteiger partial charge on any atom is 0.256 e. The highest BCUT2D eigenvalue weighted by molar-refractivity contribution is 6.12. The Hall–Kier alpha value is -3.12. The summed E-state index contributed by atoms with van der Waals surface area (Å²) in [5, 5.41) is 3.56. The molecule has 1 saturated heterocycles. The molecule has 3 aromatic rings. The monoisotopic (exact) mass is 377 g/mol. The summed E-state index contributed by atoms with van der Waals surface area (Å²) < 4.78 is 5.79. The highest BCUT2D eigenvalue weighted by Gasteiger charge is 2.13. The van der Waals surface area contributed by atoms with Crippen LogP contribution in [0.25, 0.3) is 10.9 Å². The number of nitrogens with zero attached hydrogens (tertiary/aromatic N) is 1. The molecule has 0 bridgehead atoms. The normalized spacial score (nSPS) is 14.3. The second-order valence-electron chi connectivity index (χ2n) is 6.97. The number of ether oxygens (including phenoxy) is 1. The Morgan fingerprint density at radius 3 is 2.61 bits per heavy atom. The molecule has 0 unspecified atom stereocenters. The predicted molar refractivity (Wildman–Crippen MR) is 110 cm³/mol. The van der Waals surface area contributed by atoms with E-state index < -0.39 is 0 Å². The summed E-state index contributed by atoms with van der Waals surface area (Å²) in [4.78, 5) is 29.7. The molecule has 1 aromatic heterocycles. The standard InChI is InChI=1S/C22H23N3O3/c26-21-15-19(18-5-1-2-6-20(18)24-21)22(27)23-16-7-9-17(10-8-16)28-14-13-25-11-3-4-12-25/h1-2,5-10,15H,3-4,11-14H2,(H,23,27)(H,24,26). The van der Waals surface area contributed by atoms with Gasteiger partial charge in [0.2, 0.25) is 5.56 Å². The zero-order valence-corrected chi connectivity index (χ0v) is 15.6. The van der Waals surface area contributed by atoms with Crippen molar-refractivity contribution in [1.29, 1.82) is 0 Å². The van der Waals surface area contributed by atoms with Gasteiger partial charge in [-0.3, -0.25) is 14.5 Å². The molecule has 28 heavy (non-hydrogen) atoms. The van der Waals surface area contributed by atoms with Gasteiger partial charge in [-0.05, 0) is 56.3 Å². The molecule has 0 aliphatic carbocycles. The SMILES string of the molecule is O=C(Nc1ccc(OCCN2CCCC2)cc1)c1cc(=O)[nH]c2ccccc12. The molecule has 6 heteroatoms. The lowest BCUT2D eigenvalue weighted by atomic mass is 10.1. The number of H-pyrrole nitrogens is 1. The molecule has 4 rings (SSSR count). The van der Waals surface area contributed by atoms with Crippen molar-refractivity contribution in [2.24, 2.45) is 0 Å². The van der Waals surface area contributed by atoms with Crippen LogP contribution in [0.4, 0.5) is 5.69 Å². The Balaban J connectivity index is 1.40. The van der Waals surface area contributed by atoms with Gasteiger partial charge in [0.1, 0.15) is 12.4 Å². The lowest BCUT2D eigenvalue weighted by Crippen LogP contribution is -2.25. The van der Waals surface area contributed by atoms with Crippen molar-refractivity contribution < 1.29 is 9.53 Å². The van der Waals surface area contributed by atoms with Crippen LogP contribution < -0.4 is 15.6 Å². The highest BCUT2D eigenvalue weighted by Crippen LogP contribution is 2.19. The molecule has 1 amide bonds. The summed E-state index contributed by atoms with van der Waals surface area (Å²) in [5.74, 6) is 0.462. The third-order valence-electron chi connectivity index (χ3n) is 4.98. The number of hydrogen-bond donors (Lipinski definition) is 2. The summed E-state index contributed by atoms with van der Waals surface area (Å²) in [7, 11) is 0. The van der Waals surface area contributed by atoms with E-state index in [4.69, 9.17) is 4.74 Å². The lowest BCUT2D eigenvalue weighted by molar-refractivity contribution is 0.102. The number of pyridine rings is 1. The fourth-order valence-electron chi connectivity index (χ4n) is 3.52. The van der Waals surface area contributed by atoms with Gasteiger partial charge >= 0.3 is 0 Å². The average Bonchev–Trinajstić information content (AvgIpc) is 3.22. The molecule has 1 aliphatic heterocycles. The number of fused-ring (bicyclic) bond motifs is 1. The lowest BCUT2D eigenvalue weighted by Gasteiger charge is -2.15. The minimum absolute atomic E-state index is 0.300. The van der Waals surface area contributed by atoms with E-state index in [1.54, 1.807) is 18.2 Å². The fourth-order valence-corrected chi connectivity index (χ4v) is 3.52. The van der Waals surface area contributed by atoms with Crippen LogP contribution in [0.5, 0.6) is 5.75 Å². The van der Waals surface area contributed by atoms with E-state index >= 15 is 0 Å². The minimum Gasteiger partial charge on any atom is -0.492 e. The van der Waals surface area contributed by atoms with E-state index in [0.717, 1.165) is 25.4 Å². The smallest absolute Gasteiger partial charge is 0.256 e. The Labute approximate surface area is 163 Å². The molecule has 1 aliphatic rings. The largest absolute Gasteiger partial charge is 0.492 e. The van der Waals surface area contributed by atoms with Crippen LogP contribution in [0.3, 0.4) is 0 Å². The van der Waals surface area contributed by atoms with Gasteiger partial charge in [-0.1, -0.05) is 18.2 Å². The number of hydrogen-bond acceptors (Lipinski definition) is 4. The average molecular weight is 377 g/mol. The van der Waals surface area contributed by atoms with Crippen molar-refractivity contribution in [3.05, 3.63) is 70.5 Å². The van der Waals surface area contributed by atoms with Gasteiger partial charge in [0.15, 0.2) is 0 Å². The van der Waals surface area contributed by atoms with Crippen LogP contribution in [-0.4, -0.2) is 42.0 Å². The van der Waals surface area contributed by atoms with Crippen molar-refractivity contribution in [1.82, 2.24) is 9.88 Å². The van der Waals surface area contributed by atoms with E-state index in [-0.39, 0.29) is 11.5 Å². The summed E-state index contributed by atoms with van der Waals surface area (Å²) in [6, 6.07) is 15.9. The molecule has 0 spiro atoms. The Bertz CT molecular complexity index is 1020. The van der Waals surface area contributed by atoms with Crippen molar-refractivity contribution in [3.8, 4) is 5.75 Å². The first-order chi connectivity index (χ1) is 13.7. The van der Waals surface area contributed by atoms with E-state index in [9.17, 15) is 9.59 Å². The zero-order chi connectivity index (χ0) is 19.3. The first-order valence-corrected chi connectivity index (χ1v) is 9.58. The van der Waals surface area contributed by atoms with Gasteiger partial charge in [-0.2, -0.15) is 0 Å². The van der Waals surface area contributed by atoms with Gasteiger partial charge in [0.25, 0.3) is 5.91 Å². The molecule has 1 fully saturated rings. The number of carbonyl (C=O) groups excluding carboxylic acids is 1. The van der Waals surface area contributed by atoms with E-state index in [0.29, 0.717) is 28.8 Å². The topological polar surface area (TPSA) is 74.4 Å². The van der Waals surface area contributed by atoms with Crippen LogP contribution in [0.2, 0.25) is 0 Å². The molecule has 6 nitrogen and oxygen atoms in total. The third kappa shape index (κ3) is 4.23. The Morgan fingerprint density at radius 2 is 1.82 bits per heavy atom. The third-order valence-corrected chi connectivity index (χ3v) is 4.98. The van der Waals surface area contributed by atoms with Gasteiger partial charge in [0.05, 0.1) is 5.56 Å². The first-order valence-electron chi connectivity index (χ1n) is 9.58. The number of likely N-dealkylation sites (tertiary alicyclic amines) is 1. The Kier molecular flexibility index (Phi) is 5.39. The summed E-state index contributed by atoms with van der Waals surface area (Å²) in [5.41, 5.74) is 1.35. The molecule has 2 heterocycles. The van der Waals surface area contributed by atoms with Crippen molar-refractivity contribution >= 4 is 22.5 Å². The number of anilines is 1. The summed E-state index contributed by atoms with van der Waals surface area (Å²) in [6.45, 7) is 3.91. The number of aromatic nitrogens is 1. The van der Waals surface area contributed by atoms with Gasteiger partial charge < -0.3 is 15.0 Å². The minimum atomic E-state index is -0.315. The van der Waals surface area contributed by atoms with Gasteiger partial charge in [0, 0.05) is 29.2 Å². The quantitative estimate of drug-likeness (QED) is 0.692. The zero-order valence-electron chi connectivity index (χ0n) is 15.6. The maximum atomic E-state index is 12.7. The van der Waals surface area contributed by atoms with Crippen molar-refractivity contribution in [2.75, 3.05) is 31.6 Å². The molecule has 0 atom stereocenters. The first kappa shape index (κ1) is 18.3. The van der Waals surface area contributed by atoms with E-state index in [1.807, 2.05) is 30.3 Å². The highest BCUT2D eigenvalue weighted by atomic mass is 16.5. The van der Waals surface area contributed by atoms with Crippen LogP contribution in [0, 0.1) is 0 Å². The molecule has 2 aromatic carbocycles. The summed E-state index contributed by atoms with van der Waals surface area (Å²) in [6.07, 6.45) is 2.55. The van der Waals surface area contributed by atoms with Crippen molar-refractivity contribution in [2.45, 2.75) is 12.8 Å². The number of para-hydroxylation sites is 1. The van der Waals surface area contributed by atoms with Gasteiger partial charge in [-0.15, -0.1) is 0 Å². The van der Waals surface area contributed by atoms with Crippen LogP contribution >= 0.6 is 0 Å². The maximum absolute atomic E-state index is 12.7. The van der Waals surface area contributed by atoms with Crippen LogP contribution in [-0.2, 0) is 0 Å². The second kappa shape index (κ2) is 8.27. The number of carbonyl (C=O) groups is 1. The fraction of sp³-hybridized carbons (Fsp3) is 0.273. The van der Waals surface area contributed by atoms with E-state index in [1.165, 1.54) is 18.9 Å². The van der Waals surface area contributed by atoms with Crippen LogP contribution in [0.1, 0.15) is 23.2 Å². The van der Waals surface area contributed by atoms with Crippen LogP contribution in [0.15, 0.2) is 59.4 Å². The number of rotatable bonds is 6. The molecule has 0 radical (unpaired) electrons. The number of benzene rings is 2. The predicted octanol–water partition coefficient (Wildman–Crippen LogP) is 3.26. The number of aromatic amines is 1. The van der Waals surface area contributed by atoms with Crippen molar-refractivity contribution in [3.63, 3.8) is 0 Å². The molecule has 144 valence electrons.